The predicted octanol–water partition coefficient (Wildman–Crippen LogP) is 2.66. The van der Waals surface area contributed by atoms with Gasteiger partial charge in [-0.2, -0.15) is 0 Å². The Bertz CT molecular complexity index is 1370. The minimum Gasteiger partial charge on any atom is -0.459 e. The number of carbonyl (C=O) groups is 7. The second-order valence-electron chi connectivity index (χ2n) is 12.6. The lowest BCUT2D eigenvalue weighted by atomic mass is 9.72. The molecule has 0 aromatic rings. The molecule has 1 saturated carbocycles. The molecular formula is C33H44O13. The molecule has 2 aliphatic rings. The van der Waals surface area contributed by atoms with Gasteiger partial charge in [0, 0.05) is 56.6 Å². The number of allylic oxidation sites excluding steroid dienone is 3. The number of ether oxygens (including phenoxy) is 5. The molecule has 0 saturated heterocycles. The minimum atomic E-state index is -2.32. The van der Waals surface area contributed by atoms with Gasteiger partial charge in [-0.3, -0.25) is 28.8 Å². The van der Waals surface area contributed by atoms with Crippen LogP contribution in [0, 0.1) is 17.3 Å². The number of ketones is 2. The monoisotopic (exact) mass is 648 g/mol. The van der Waals surface area contributed by atoms with Crippen LogP contribution < -0.4 is 0 Å². The van der Waals surface area contributed by atoms with Crippen LogP contribution in [0.3, 0.4) is 0 Å². The summed E-state index contributed by atoms with van der Waals surface area (Å²) in [6.45, 7) is 16.8. The van der Waals surface area contributed by atoms with E-state index < -0.39 is 101 Å². The van der Waals surface area contributed by atoms with Crippen molar-refractivity contribution in [3.63, 3.8) is 0 Å². The molecule has 0 heterocycles. The highest BCUT2D eigenvalue weighted by atomic mass is 16.6. The van der Waals surface area contributed by atoms with Gasteiger partial charge in [-0.1, -0.05) is 31.7 Å². The Morgan fingerprint density at radius 2 is 1.35 bits per heavy atom. The van der Waals surface area contributed by atoms with Gasteiger partial charge in [0.1, 0.15) is 17.8 Å². The highest BCUT2D eigenvalue weighted by Gasteiger charge is 2.70. The molecule has 8 atom stereocenters. The Balaban J connectivity index is 3.15. The number of fused-ring (bicyclic) bond motifs is 1. The SMILES string of the molecule is C=C1C(OC(C)=O)[C@@H](OC(=O)/C(C)=C/C)C(=O)C(C)(C)/C=C/[C@@H](C)C(=O)C2(OC(C)=O)C[C@@](C)(O)[C@H](OC(C)=O)[C@@H]2[C@@H]1OC(C)=O. The first-order valence-electron chi connectivity index (χ1n) is 14.8. The first kappa shape index (κ1) is 38.1. The molecule has 2 unspecified atom stereocenters. The number of Topliss-reactive ketones (excluding diaryl/α,β-unsaturated/α-hetero) is 2. The number of hydrogen-bond acceptors (Lipinski definition) is 13. The molecule has 1 fully saturated rings. The highest BCUT2D eigenvalue weighted by molar-refractivity contribution is 5.97. The fraction of sp³-hybridized carbons (Fsp3) is 0.606. The van der Waals surface area contributed by atoms with Crippen LogP contribution in [0.25, 0.3) is 0 Å². The van der Waals surface area contributed by atoms with Crippen molar-refractivity contribution in [2.45, 2.75) is 111 Å². The Morgan fingerprint density at radius 3 is 1.83 bits per heavy atom. The zero-order valence-electron chi connectivity index (χ0n) is 28.0. The molecule has 0 aromatic heterocycles. The van der Waals surface area contributed by atoms with E-state index in [4.69, 9.17) is 23.7 Å². The number of rotatable bonds is 6. The van der Waals surface area contributed by atoms with Crippen molar-refractivity contribution in [1.29, 1.82) is 0 Å². The largest absolute Gasteiger partial charge is 0.459 e. The van der Waals surface area contributed by atoms with E-state index in [1.807, 2.05) is 0 Å². The van der Waals surface area contributed by atoms with Gasteiger partial charge in [0.25, 0.3) is 0 Å². The summed E-state index contributed by atoms with van der Waals surface area (Å²) < 4.78 is 28.2. The highest BCUT2D eigenvalue weighted by Crippen LogP contribution is 2.52. The first-order chi connectivity index (χ1) is 21.0. The molecule has 46 heavy (non-hydrogen) atoms. The standard InChI is InChI=1S/C33H44O13/c1-12-16(2)30(40)45-26-25(43-20(6)35)18(4)24(42-19(5)34)23-29(44-21(7)36)32(11,41)15-33(23,46-22(8)37)27(38)17(3)13-14-31(9,10)28(26)39/h12-14,17,23-26,29,41H,4,15H2,1-3,5-11H3/b14-13+,16-12+/t17-,23+,24-,25?,26-,29-,32-,33?/m1/s1. The molecule has 13 heteroatoms. The van der Waals surface area contributed by atoms with Crippen molar-refractivity contribution < 1.29 is 62.4 Å². The lowest BCUT2D eigenvalue weighted by Gasteiger charge is -2.42. The lowest BCUT2D eigenvalue weighted by Crippen LogP contribution is -2.58. The third-order valence-electron chi connectivity index (χ3n) is 8.15. The Kier molecular flexibility index (Phi) is 11.7. The number of carbonyl (C=O) groups excluding carboxylic acids is 7. The minimum absolute atomic E-state index is 0.117. The van der Waals surface area contributed by atoms with Gasteiger partial charge in [0.15, 0.2) is 23.3 Å². The van der Waals surface area contributed by atoms with Crippen molar-refractivity contribution in [2.24, 2.45) is 17.3 Å². The van der Waals surface area contributed by atoms with Gasteiger partial charge in [-0.25, -0.2) is 4.79 Å². The third kappa shape index (κ3) is 7.98. The topological polar surface area (TPSA) is 186 Å². The van der Waals surface area contributed by atoms with E-state index in [1.54, 1.807) is 6.92 Å². The number of aliphatic hydroxyl groups is 1. The van der Waals surface area contributed by atoms with E-state index in [1.165, 1.54) is 52.8 Å². The van der Waals surface area contributed by atoms with Crippen LogP contribution in [0.2, 0.25) is 0 Å². The van der Waals surface area contributed by atoms with Crippen molar-refractivity contribution in [2.75, 3.05) is 0 Å². The normalized spacial score (nSPS) is 33.8. The van der Waals surface area contributed by atoms with E-state index >= 15 is 0 Å². The first-order valence-corrected chi connectivity index (χ1v) is 14.8. The second kappa shape index (κ2) is 14.1. The van der Waals surface area contributed by atoms with E-state index in [9.17, 15) is 38.7 Å². The molecule has 0 spiro atoms. The second-order valence-corrected chi connectivity index (χ2v) is 12.6. The Labute approximate surface area is 268 Å². The zero-order chi connectivity index (χ0) is 35.5. The van der Waals surface area contributed by atoms with Gasteiger partial charge in [0.2, 0.25) is 6.10 Å². The molecule has 13 nitrogen and oxygen atoms in total. The Morgan fingerprint density at radius 1 is 0.826 bits per heavy atom. The van der Waals surface area contributed by atoms with Gasteiger partial charge in [0.05, 0.1) is 5.92 Å². The molecular weight excluding hydrogens is 604 g/mol. The van der Waals surface area contributed by atoms with E-state index in [2.05, 4.69) is 6.58 Å². The maximum Gasteiger partial charge on any atom is 0.334 e. The van der Waals surface area contributed by atoms with Crippen molar-refractivity contribution >= 4 is 41.4 Å². The molecule has 0 radical (unpaired) electrons. The van der Waals surface area contributed by atoms with Crippen LogP contribution in [0.1, 0.15) is 75.7 Å². The summed E-state index contributed by atoms with van der Waals surface area (Å²) in [6, 6.07) is 0. The van der Waals surface area contributed by atoms with Crippen molar-refractivity contribution in [1.82, 2.24) is 0 Å². The summed E-state index contributed by atoms with van der Waals surface area (Å²) in [5, 5.41) is 11.7. The molecule has 1 N–H and O–H groups in total. The number of esters is 5. The Hall–Kier alpha value is -4.13. The van der Waals surface area contributed by atoms with Gasteiger partial charge in [-0.05, 0) is 34.6 Å². The maximum atomic E-state index is 14.4. The summed E-state index contributed by atoms with van der Waals surface area (Å²) in [7, 11) is 0. The van der Waals surface area contributed by atoms with Crippen LogP contribution in [0.4, 0.5) is 0 Å². The quantitative estimate of drug-likeness (QED) is 0.192. The van der Waals surface area contributed by atoms with Crippen LogP contribution in [0.15, 0.2) is 36.0 Å². The van der Waals surface area contributed by atoms with Crippen LogP contribution >= 0.6 is 0 Å². The molecule has 0 amide bonds. The molecule has 0 aliphatic heterocycles. The van der Waals surface area contributed by atoms with Crippen LogP contribution in [0.5, 0.6) is 0 Å². The summed E-state index contributed by atoms with van der Waals surface area (Å²) in [4.78, 5) is 91.9. The van der Waals surface area contributed by atoms with Gasteiger partial charge >= 0.3 is 29.8 Å². The summed E-state index contributed by atoms with van der Waals surface area (Å²) in [5.41, 5.74) is -6.11. The number of hydrogen-bond donors (Lipinski definition) is 1. The zero-order valence-corrected chi connectivity index (χ0v) is 28.0. The third-order valence-corrected chi connectivity index (χ3v) is 8.15. The molecule has 254 valence electrons. The molecule has 0 bridgehead atoms. The van der Waals surface area contributed by atoms with Crippen molar-refractivity contribution in [3.8, 4) is 0 Å². The van der Waals surface area contributed by atoms with Gasteiger partial charge < -0.3 is 28.8 Å². The van der Waals surface area contributed by atoms with Crippen LogP contribution in [-0.4, -0.2) is 82.1 Å². The molecule has 2 aliphatic carbocycles. The maximum absolute atomic E-state index is 14.4. The summed E-state index contributed by atoms with van der Waals surface area (Å²) >= 11 is 0. The fourth-order valence-electron chi connectivity index (χ4n) is 5.94. The van der Waals surface area contributed by atoms with E-state index in [0.717, 1.165) is 27.7 Å². The fourth-order valence-corrected chi connectivity index (χ4v) is 5.94. The van der Waals surface area contributed by atoms with Crippen molar-refractivity contribution in [3.05, 3.63) is 36.0 Å². The average Bonchev–Trinajstić information content (AvgIpc) is 3.14. The molecule has 0 aromatic carbocycles. The van der Waals surface area contributed by atoms with E-state index in [0.29, 0.717) is 0 Å². The van der Waals surface area contributed by atoms with E-state index in [-0.39, 0.29) is 11.1 Å². The lowest BCUT2D eigenvalue weighted by molar-refractivity contribution is -0.188. The average molecular weight is 649 g/mol. The summed E-state index contributed by atoms with van der Waals surface area (Å²) in [6.07, 6.45) is -3.62. The van der Waals surface area contributed by atoms with Gasteiger partial charge in [-0.15, -0.1) is 0 Å². The molecule has 2 rings (SSSR count). The van der Waals surface area contributed by atoms with Crippen LogP contribution in [-0.2, 0) is 57.2 Å². The predicted molar refractivity (Wildman–Crippen MR) is 160 cm³/mol. The smallest absolute Gasteiger partial charge is 0.334 e. The summed E-state index contributed by atoms with van der Waals surface area (Å²) in [5.74, 6) is -9.02.